The molecular weight excluding hydrogens is 262 g/mol. The second-order valence-corrected chi connectivity index (χ2v) is 3.91. The van der Waals surface area contributed by atoms with Crippen molar-refractivity contribution in [1.82, 2.24) is 10.0 Å². The van der Waals surface area contributed by atoms with E-state index >= 15 is 0 Å². The van der Waals surface area contributed by atoms with Gasteiger partial charge in [0.05, 0.1) is 0 Å². The van der Waals surface area contributed by atoms with Crippen molar-refractivity contribution in [2.24, 2.45) is 0 Å². The fourth-order valence-electron chi connectivity index (χ4n) is 1.41. The molecule has 2 amide bonds. The average Bonchev–Trinajstić information content (AvgIpc) is 2.60. The number of nitrogens with two attached hydrogens (primary N) is 1. The van der Waals surface area contributed by atoms with E-state index in [2.05, 4.69) is 9.82 Å². The molecule has 0 bridgehead atoms. The summed E-state index contributed by atoms with van der Waals surface area (Å²) < 4.78 is 0. The Morgan fingerprint density at radius 3 is 2.50 bits per heavy atom. The lowest BCUT2D eigenvalue weighted by Gasteiger charge is -2.13. The highest BCUT2D eigenvalue weighted by molar-refractivity contribution is 6.29. The van der Waals surface area contributed by atoms with Gasteiger partial charge in [0.25, 0.3) is 11.8 Å². The van der Waals surface area contributed by atoms with Crippen molar-refractivity contribution < 1.29 is 19.2 Å². The van der Waals surface area contributed by atoms with Crippen molar-refractivity contribution in [3.8, 4) is 0 Å². The minimum absolute atomic E-state index is 0.0282. The molecule has 94 valence electrons. The Bertz CT molecular complexity index is 530. The number of rotatable bonds is 2. The predicted octanol–water partition coefficient (Wildman–Crippen LogP) is 0.538. The van der Waals surface area contributed by atoms with Gasteiger partial charge < -0.3 is 10.6 Å². The number of amides is 2. The summed E-state index contributed by atoms with van der Waals surface area (Å²) in [5, 5.41) is 0.563. The highest BCUT2D eigenvalue weighted by Gasteiger charge is 2.33. The van der Waals surface area contributed by atoms with Crippen LogP contribution in [0.2, 0.25) is 5.15 Å². The van der Waals surface area contributed by atoms with Crippen molar-refractivity contribution in [3.63, 3.8) is 0 Å². The monoisotopic (exact) mass is 269 g/mol. The number of nitrogens with zero attached hydrogens (tertiary/aromatic N) is 2. The molecule has 0 atom stereocenters. The number of anilines is 1. The van der Waals surface area contributed by atoms with Crippen molar-refractivity contribution in [3.05, 3.63) is 22.8 Å². The summed E-state index contributed by atoms with van der Waals surface area (Å²) in [6.45, 7) is 0. The first kappa shape index (κ1) is 12.3. The fourth-order valence-corrected chi connectivity index (χ4v) is 1.57. The Morgan fingerprint density at radius 2 is 1.94 bits per heavy atom. The Labute approximate surface area is 106 Å². The first-order valence-corrected chi connectivity index (χ1v) is 5.37. The zero-order valence-electron chi connectivity index (χ0n) is 9.05. The smallest absolute Gasteiger partial charge is 0.367 e. The summed E-state index contributed by atoms with van der Waals surface area (Å²) in [7, 11) is 0. The standard InChI is InChI=1S/C10H8ClN3O4/c11-6-2-1-5(9(12)13-6)10(17)18-14-7(15)3-4-8(14)16/h1-2H,3-4H2,(H2,12,13). The van der Waals surface area contributed by atoms with Gasteiger partial charge in [0.15, 0.2) is 0 Å². The van der Waals surface area contributed by atoms with E-state index in [0.717, 1.165) is 0 Å². The molecule has 0 aliphatic carbocycles. The quantitative estimate of drug-likeness (QED) is 0.621. The van der Waals surface area contributed by atoms with Crippen LogP contribution in [0.5, 0.6) is 0 Å². The maximum absolute atomic E-state index is 11.7. The molecule has 1 aliphatic rings. The van der Waals surface area contributed by atoms with E-state index in [0.29, 0.717) is 5.06 Å². The van der Waals surface area contributed by atoms with E-state index in [1.54, 1.807) is 0 Å². The predicted molar refractivity (Wildman–Crippen MR) is 60.2 cm³/mol. The number of pyridine rings is 1. The second kappa shape index (κ2) is 4.61. The highest BCUT2D eigenvalue weighted by atomic mass is 35.5. The molecule has 0 unspecified atom stereocenters. The minimum atomic E-state index is -0.930. The first-order valence-electron chi connectivity index (χ1n) is 4.99. The molecule has 2 rings (SSSR count). The molecular formula is C10H8ClN3O4. The molecule has 1 aromatic rings. The lowest BCUT2D eigenvalue weighted by molar-refractivity contribution is -0.172. The molecule has 2 heterocycles. The molecule has 1 aromatic heterocycles. The summed E-state index contributed by atoms with van der Waals surface area (Å²) >= 11 is 5.58. The van der Waals surface area contributed by atoms with E-state index in [-0.39, 0.29) is 29.4 Å². The van der Waals surface area contributed by atoms with Crippen molar-refractivity contribution >= 4 is 35.2 Å². The van der Waals surface area contributed by atoms with Gasteiger partial charge in [-0.2, -0.15) is 0 Å². The Hall–Kier alpha value is -2.15. The lowest BCUT2D eigenvalue weighted by atomic mass is 10.2. The van der Waals surface area contributed by atoms with Gasteiger partial charge in [-0.25, -0.2) is 9.78 Å². The highest BCUT2D eigenvalue weighted by Crippen LogP contribution is 2.18. The van der Waals surface area contributed by atoms with Crippen LogP contribution in [0, 0.1) is 0 Å². The minimum Gasteiger partial charge on any atom is -0.383 e. The van der Waals surface area contributed by atoms with Crippen LogP contribution >= 0.6 is 11.6 Å². The summed E-state index contributed by atoms with van der Waals surface area (Å²) in [4.78, 5) is 42.5. The molecule has 1 aliphatic heterocycles. The molecule has 0 spiro atoms. The van der Waals surface area contributed by atoms with Crippen LogP contribution in [-0.4, -0.2) is 27.8 Å². The zero-order chi connectivity index (χ0) is 13.3. The second-order valence-electron chi connectivity index (χ2n) is 3.53. The van der Waals surface area contributed by atoms with E-state index in [4.69, 9.17) is 17.3 Å². The molecule has 1 saturated heterocycles. The summed E-state index contributed by atoms with van der Waals surface area (Å²) in [6.07, 6.45) is 0.0565. The number of aromatic nitrogens is 1. The Balaban J connectivity index is 2.17. The Kier molecular flexibility index (Phi) is 3.15. The largest absolute Gasteiger partial charge is 0.383 e. The van der Waals surface area contributed by atoms with E-state index < -0.39 is 17.8 Å². The lowest BCUT2D eigenvalue weighted by Crippen LogP contribution is -2.32. The molecule has 0 aromatic carbocycles. The Morgan fingerprint density at radius 1 is 1.33 bits per heavy atom. The number of hydrogen-bond donors (Lipinski definition) is 1. The number of carbonyl (C=O) groups is 3. The molecule has 18 heavy (non-hydrogen) atoms. The van der Waals surface area contributed by atoms with E-state index in [9.17, 15) is 14.4 Å². The number of hydrogen-bond acceptors (Lipinski definition) is 6. The van der Waals surface area contributed by atoms with Crippen molar-refractivity contribution in [2.75, 3.05) is 5.73 Å². The average molecular weight is 270 g/mol. The third-order valence-corrected chi connectivity index (χ3v) is 2.50. The van der Waals surface area contributed by atoms with Gasteiger partial charge in [0.1, 0.15) is 16.5 Å². The molecule has 8 heteroatoms. The summed E-state index contributed by atoms with van der Waals surface area (Å²) in [5.41, 5.74) is 5.42. The number of hydroxylamine groups is 2. The third-order valence-electron chi connectivity index (χ3n) is 2.29. The van der Waals surface area contributed by atoms with Crippen molar-refractivity contribution in [1.29, 1.82) is 0 Å². The van der Waals surface area contributed by atoms with Crippen molar-refractivity contribution in [2.45, 2.75) is 12.8 Å². The summed E-state index contributed by atoms with van der Waals surface area (Å²) in [6, 6.07) is 2.65. The SMILES string of the molecule is Nc1nc(Cl)ccc1C(=O)ON1C(=O)CCC1=O. The summed E-state index contributed by atoms with van der Waals surface area (Å²) in [5.74, 6) is -2.19. The maximum atomic E-state index is 11.7. The molecule has 0 saturated carbocycles. The van der Waals surface area contributed by atoms with Crippen LogP contribution in [0.3, 0.4) is 0 Å². The molecule has 0 radical (unpaired) electrons. The van der Waals surface area contributed by atoms with Crippen LogP contribution in [0.1, 0.15) is 23.2 Å². The number of halogens is 1. The fraction of sp³-hybridized carbons (Fsp3) is 0.200. The number of imide groups is 1. The van der Waals surface area contributed by atoms with Gasteiger partial charge in [-0.05, 0) is 12.1 Å². The van der Waals surface area contributed by atoms with Crippen LogP contribution in [-0.2, 0) is 14.4 Å². The van der Waals surface area contributed by atoms with Gasteiger partial charge >= 0.3 is 5.97 Å². The maximum Gasteiger partial charge on any atom is 0.367 e. The van der Waals surface area contributed by atoms with Gasteiger partial charge in [0.2, 0.25) is 0 Å². The zero-order valence-corrected chi connectivity index (χ0v) is 9.81. The molecule has 2 N–H and O–H groups in total. The van der Waals surface area contributed by atoms with Crippen LogP contribution in [0.25, 0.3) is 0 Å². The van der Waals surface area contributed by atoms with Gasteiger partial charge in [0, 0.05) is 12.8 Å². The van der Waals surface area contributed by atoms with E-state index in [1.807, 2.05) is 0 Å². The first-order chi connectivity index (χ1) is 8.49. The van der Waals surface area contributed by atoms with E-state index in [1.165, 1.54) is 12.1 Å². The van der Waals surface area contributed by atoms with Crippen LogP contribution < -0.4 is 5.73 Å². The van der Waals surface area contributed by atoms with Gasteiger partial charge in [-0.1, -0.05) is 11.6 Å². The topological polar surface area (TPSA) is 103 Å². The number of nitrogen functional groups attached to an aromatic ring is 1. The molecule has 1 fully saturated rings. The van der Waals surface area contributed by atoms with Gasteiger partial charge in [-0.15, -0.1) is 5.06 Å². The number of carbonyl (C=O) groups excluding carboxylic acids is 3. The normalized spacial score (nSPS) is 15.1. The third kappa shape index (κ3) is 2.25. The van der Waals surface area contributed by atoms with Crippen LogP contribution in [0.4, 0.5) is 5.82 Å². The van der Waals surface area contributed by atoms with Gasteiger partial charge in [-0.3, -0.25) is 9.59 Å². The molecule has 7 nitrogen and oxygen atoms in total. The van der Waals surface area contributed by atoms with Crippen LogP contribution in [0.15, 0.2) is 12.1 Å².